The lowest BCUT2D eigenvalue weighted by Crippen LogP contribution is -2.08. The molecule has 94 valence electrons. The van der Waals surface area contributed by atoms with Crippen molar-refractivity contribution in [2.45, 2.75) is 17.8 Å². The van der Waals surface area contributed by atoms with Crippen LogP contribution in [-0.2, 0) is 5.75 Å². The molecule has 1 aromatic heterocycles. The van der Waals surface area contributed by atoms with E-state index in [1.807, 2.05) is 12.1 Å². The van der Waals surface area contributed by atoms with Crippen LogP contribution in [-0.4, -0.2) is 9.97 Å². The molecule has 0 saturated heterocycles. The Hall–Kier alpha value is -1.46. The van der Waals surface area contributed by atoms with Crippen LogP contribution < -0.4 is 11.3 Å². The smallest absolute Gasteiger partial charge is 0.251 e. The number of rotatable bonds is 3. The van der Waals surface area contributed by atoms with E-state index in [0.717, 1.165) is 5.56 Å². The summed E-state index contributed by atoms with van der Waals surface area (Å²) in [6.07, 6.45) is 0. The zero-order valence-electron chi connectivity index (χ0n) is 9.74. The van der Waals surface area contributed by atoms with Gasteiger partial charge in [-0.2, -0.15) is 0 Å². The predicted molar refractivity (Wildman–Crippen MR) is 75.0 cm³/mol. The number of halogens is 1. The van der Waals surface area contributed by atoms with E-state index in [0.29, 0.717) is 27.3 Å². The maximum atomic E-state index is 11.3. The van der Waals surface area contributed by atoms with Crippen molar-refractivity contribution in [2.75, 3.05) is 5.73 Å². The Morgan fingerprint density at radius 1 is 1.44 bits per heavy atom. The van der Waals surface area contributed by atoms with E-state index in [-0.39, 0.29) is 5.56 Å². The van der Waals surface area contributed by atoms with Crippen LogP contribution in [0.5, 0.6) is 0 Å². The van der Waals surface area contributed by atoms with Crippen molar-refractivity contribution >= 4 is 29.1 Å². The molecule has 2 rings (SSSR count). The van der Waals surface area contributed by atoms with Crippen LogP contribution in [0.3, 0.4) is 0 Å². The molecule has 0 bridgehead atoms. The molecule has 0 saturated carbocycles. The second-order valence-corrected chi connectivity index (χ2v) is 5.21. The van der Waals surface area contributed by atoms with Gasteiger partial charge in [0.05, 0.1) is 10.7 Å². The van der Waals surface area contributed by atoms with E-state index in [4.69, 9.17) is 17.3 Å². The molecule has 0 fully saturated rings. The number of nitrogen functional groups attached to an aromatic ring is 1. The largest absolute Gasteiger partial charge is 0.398 e. The summed E-state index contributed by atoms with van der Waals surface area (Å²) in [6.45, 7) is 1.79. The van der Waals surface area contributed by atoms with Gasteiger partial charge in [-0.1, -0.05) is 29.4 Å². The van der Waals surface area contributed by atoms with E-state index in [1.165, 1.54) is 17.8 Å². The van der Waals surface area contributed by atoms with Crippen molar-refractivity contribution in [3.05, 3.63) is 50.9 Å². The quantitative estimate of drug-likeness (QED) is 0.515. The summed E-state index contributed by atoms with van der Waals surface area (Å²) in [7, 11) is 0. The second-order valence-electron chi connectivity index (χ2n) is 3.84. The summed E-state index contributed by atoms with van der Waals surface area (Å²) in [5.41, 5.74) is 7.88. The number of hydrogen-bond donors (Lipinski definition) is 2. The number of aromatic nitrogens is 2. The average molecular weight is 282 g/mol. The van der Waals surface area contributed by atoms with Gasteiger partial charge in [-0.05, 0) is 24.6 Å². The molecule has 0 radical (unpaired) electrons. The van der Waals surface area contributed by atoms with Crippen LogP contribution in [0.4, 0.5) is 5.69 Å². The number of anilines is 1. The SMILES string of the molecule is Cc1cc(=O)[nH]c(SCc2ccc(Cl)c(N)c2)n1. The average Bonchev–Trinajstić information content (AvgIpc) is 2.29. The van der Waals surface area contributed by atoms with E-state index < -0.39 is 0 Å². The van der Waals surface area contributed by atoms with Gasteiger partial charge in [0.2, 0.25) is 0 Å². The molecule has 6 heteroatoms. The molecule has 1 heterocycles. The number of thioether (sulfide) groups is 1. The number of nitrogens with two attached hydrogens (primary N) is 1. The molecule has 0 atom stereocenters. The molecule has 1 aromatic carbocycles. The molecule has 0 aliphatic carbocycles. The lowest BCUT2D eigenvalue weighted by Gasteiger charge is -2.04. The first-order chi connectivity index (χ1) is 8.54. The van der Waals surface area contributed by atoms with Crippen molar-refractivity contribution in [3.63, 3.8) is 0 Å². The van der Waals surface area contributed by atoms with Crippen LogP contribution in [0.15, 0.2) is 34.2 Å². The van der Waals surface area contributed by atoms with Gasteiger partial charge in [0.25, 0.3) is 5.56 Å². The summed E-state index contributed by atoms with van der Waals surface area (Å²) in [5.74, 6) is 0.674. The second kappa shape index (κ2) is 5.46. The lowest BCUT2D eigenvalue weighted by atomic mass is 10.2. The third-order valence-electron chi connectivity index (χ3n) is 2.28. The van der Waals surface area contributed by atoms with Crippen LogP contribution in [0, 0.1) is 6.92 Å². The summed E-state index contributed by atoms with van der Waals surface area (Å²) in [4.78, 5) is 18.2. The highest BCUT2D eigenvalue weighted by molar-refractivity contribution is 7.98. The number of aromatic amines is 1. The lowest BCUT2D eigenvalue weighted by molar-refractivity contribution is 0.905. The molecule has 0 amide bonds. The van der Waals surface area contributed by atoms with E-state index in [2.05, 4.69) is 9.97 Å². The van der Waals surface area contributed by atoms with E-state index in [9.17, 15) is 4.79 Å². The highest BCUT2D eigenvalue weighted by atomic mass is 35.5. The molecule has 0 aliphatic heterocycles. The zero-order chi connectivity index (χ0) is 13.1. The zero-order valence-corrected chi connectivity index (χ0v) is 11.3. The maximum absolute atomic E-state index is 11.3. The Kier molecular flexibility index (Phi) is 3.93. The van der Waals surface area contributed by atoms with Crippen LogP contribution in [0.2, 0.25) is 5.02 Å². The third-order valence-corrected chi connectivity index (χ3v) is 3.57. The molecular formula is C12H12ClN3OS. The highest BCUT2D eigenvalue weighted by Gasteiger charge is 2.02. The Balaban J connectivity index is 2.11. The van der Waals surface area contributed by atoms with Gasteiger partial charge in [-0.3, -0.25) is 4.79 Å². The minimum absolute atomic E-state index is 0.138. The van der Waals surface area contributed by atoms with Gasteiger partial charge in [-0.15, -0.1) is 0 Å². The number of nitrogens with one attached hydrogen (secondary N) is 1. The Morgan fingerprint density at radius 2 is 2.22 bits per heavy atom. The topological polar surface area (TPSA) is 71.8 Å². The normalized spacial score (nSPS) is 10.6. The van der Waals surface area contributed by atoms with Crippen molar-refractivity contribution in [1.29, 1.82) is 0 Å². The van der Waals surface area contributed by atoms with Gasteiger partial charge >= 0.3 is 0 Å². The molecule has 0 unspecified atom stereocenters. The van der Waals surface area contributed by atoms with Gasteiger partial charge in [0.1, 0.15) is 0 Å². The summed E-state index contributed by atoms with van der Waals surface area (Å²) in [6, 6.07) is 6.95. The van der Waals surface area contributed by atoms with Crippen molar-refractivity contribution in [1.82, 2.24) is 9.97 Å². The molecule has 18 heavy (non-hydrogen) atoms. The third kappa shape index (κ3) is 3.27. The first-order valence-electron chi connectivity index (χ1n) is 5.29. The van der Waals surface area contributed by atoms with E-state index >= 15 is 0 Å². The number of hydrogen-bond acceptors (Lipinski definition) is 4. The number of H-pyrrole nitrogens is 1. The monoisotopic (exact) mass is 281 g/mol. The molecule has 0 spiro atoms. The Labute approximate surface area is 114 Å². The fraction of sp³-hybridized carbons (Fsp3) is 0.167. The van der Waals surface area contributed by atoms with Crippen LogP contribution >= 0.6 is 23.4 Å². The Bertz CT molecular complexity index is 627. The highest BCUT2D eigenvalue weighted by Crippen LogP contribution is 2.24. The van der Waals surface area contributed by atoms with Crippen molar-refractivity contribution in [2.24, 2.45) is 0 Å². The van der Waals surface area contributed by atoms with Gasteiger partial charge in [0, 0.05) is 17.5 Å². The fourth-order valence-electron chi connectivity index (χ4n) is 1.45. The standard InChI is InChI=1S/C12H12ClN3OS/c1-7-4-11(17)16-12(15-7)18-6-8-2-3-9(13)10(14)5-8/h2-5H,6,14H2,1H3,(H,15,16,17). The van der Waals surface area contributed by atoms with Crippen LogP contribution in [0.25, 0.3) is 0 Å². The van der Waals surface area contributed by atoms with Crippen LogP contribution in [0.1, 0.15) is 11.3 Å². The maximum Gasteiger partial charge on any atom is 0.251 e. The summed E-state index contributed by atoms with van der Waals surface area (Å²) in [5, 5.41) is 1.15. The molecule has 3 N–H and O–H groups in total. The minimum Gasteiger partial charge on any atom is -0.398 e. The van der Waals surface area contributed by atoms with Gasteiger partial charge in [0.15, 0.2) is 5.16 Å². The van der Waals surface area contributed by atoms with Gasteiger partial charge < -0.3 is 10.7 Å². The molecule has 0 aliphatic rings. The molecule has 2 aromatic rings. The number of nitrogens with zero attached hydrogens (tertiary/aromatic N) is 1. The predicted octanol–water partition coefficient (Wildman–Crippen LogP) is 2.61. The fourth-order valence-corrected chi connectivity index (χ4v) is 2.44. The summed E-state index contributed by atoms with van der Waals surface area (Å²) < 4.78 is 0. The van der Waals surface area contributed by atoms with Crippen molar-refractivity contribution < 1.29 is 0 Å². The van der Waals surface area contributed by atoms with Gasteiger partial charge in [-0.25, -0.2) is 4.98 Å². The molecule has 4 nitrogen and oxygen atoms in total. The first-order valence-corrected chi connectivity index (χ1v) is 6.65. The molecular weight excluding hydrogens is 270 g/mol. The first kappa shape index (κ1) is 13.0. The number of aryl methyl sites for hydroxylation is 1. The summed E-state index contributed by atoms with van der Waals surface area (Å²) >= 11 is 7.30. The Morgan fingerprint density at radius 3 is 2.89 bits per heavy atom. The minimum atomic E-state index is -0.138. The van der Waals surface area contributed by atoms with Crippen molar-refractivity contribution in [3.8, 4) is 0 Å². The van der Waals surface area contributed by atoms with E-state index in [1.54, 1.807) is 13.0 Å². The number of benzene rings is 1.